The molecule has 0 saturated carbocycles. The molecule has 0 radical (unpaired) electrons. The van der Waals surface area contributed by atoms with Crippen LogP contribution in [0.1, 0.15) is 43.9 Å². The maximum atomic E-state index is 8.92. The lowest BCUT2D eigenvalue weighted by Gasteiger charge is -2.35. The van der Waals surface area contributed by atoms with E-state index in [0.29, 0.717) is 6.04 Å². The first-order valence-electron chi connectivity index (χ1n) is 7.65. The average molecular weight is 344 g/mol. The van der Waals surface area contributed by atoms with Gasteiger partial charge in [0, 0.05) is 32.2 Å². The molecule has 1 saturated heterocycles. The van der Waals surface area contributed by atoms with Gasteiger partial charge in [0.1, 0.15) is 0 Å². The predicted octanol–water partition coefficient (Wildman–Crippen LogP) is 3.78. The zero-order valence-corrected chi connectivity index (χ0v) is 15.1. The Balaban J connectivity index is 0.00000220. The van der Waals surface area contributed by atoms with Gasteiger partial charge >= 0.3 is 0 Å². The van der Waals surface area contributed by atoms with Gasteiger partial charge in [0.15, 0.2) is 0 Å². The second-order valence-corrected chi connectivity index (χ2v) is 6.01. The van der Waals surface area contributed by atoms with Crippen molar-refractivity contribution < 1.29 is 0 Å². The summed E-state index contributed by atoms with van der Waals surface area (Å²) < 4.78 is 0. The minimum Gasteiger partial charge on any atom is -0.314 e. The fourth-order valence-electron chi connectivity index (χ4n) is 2.82. The van der Waals surface area contributed by atoms with Crippen LogP contribution in [-0.4, -0.2) is 31.1 Å². The molecule has 1 N–H and O–H groups in total. The quantitative estimate of drug-likeness (QED) is 0.883. The number of nitriles is 1. The summed E-state index contributed by atoms with van der Waals surface area (Å²) in [7, 11) is 0. The van der Waals surface area contributed by atoms with Crippen LogP contribution in [0.25, 0.3) is 0 Å². The van der Waals surface area contributed by atoms with Crippen molar-refractivity contribution in [2.24, 2.45) is 5.92 Å². The summed E-state index contributed by atoms with van der Waals surface area (Å²) in [5.74, 6) is 0.735. The number of piperazine rings is 1. The lowest BCUT2D eigenvalue weighted by Crippen LogP contribution is -2.45. The standard InChI is InChI=1S/C17H25N3.2ClH/c1-14(2)3-8-17(20-11-9-19-10-12-20)16-6-4-15(13-18)5-7-16;;/h4-7,14,17,19H,3,8-12H2,1-2H3;2*1H/t17-;;/m1../s1. The summed E-state index contributed by atoms with van der Waals surface area (Å²) in [4.78, 5) is 2.58. The monoisotopic (exact) mass is 343 g/mol. The van der Waals surface area contributed by atoms with Gasteiger partial charge in [-0.05, 0) is 36.5 Å². The molecule has 1 heterocycles. The van der Waals surface area contributed by atoms with Gasteiger partial charge in [-0.1, -0.05) is 26.0 Å². The Morgan fingerprint density at radius 1 is 1.09 bits per heavy atom. The first kappa shape index (κ1) is 21.2. The Bertz CT molecular complexity index is 448. The largest absolute Gasteiger partial charge is 0.314 e. The van der Waals surface area contributed by atoms with E-state index in [2.05, 4.69) is 42.3 Å². The molecule has 3 nitrogen and oxygen atoms in total. The van der Waals surface area contributed by atoms with Crippen LogP contribution in [0, 0.1) is 17.2 Å². The molecule has 1 aromatic carbocycles. The van der Waals surface area contributed by atoms with Crippen LogP contribution in [0.5, 0.6) is 0 Å². The van der Waals surface area contributed by atoms with Crippen molar-refractivity contribution in [1.29, 1.82) is 5.26 Å². The number of hydrogen-bond donors (Lipinski definition) is 1. The zero-order valence-electron chi connectivity index (χ0n) is 13.4. The minimum absolute atomic E-state index is 0. The third kappa shape index (κ3) is 6.14. The summed E-state index contributed by atoms with van der Waals surface area (Å²) in [5, 5.41) is 12.3. The Hall–Kier alpha value is -0.790. The summed E-state index contributed by atoms with van der Waals surface area (Å²) in [6.45, 7) is 8.95. The molecule has 1 aliphatic rings. The molecule has 1 aromatic rings. The smallest absolute Gasteiger partial charge is 0.0991 e. The minimum atomic E-state index is 0. The van der Waals surface area contributed by atoms with Crippen LogP contribution in [0.15, 0.2) is 24.3 Å². The zero-order chi connectivity index (χ0) is 14.4. The molecule has 0 spiro atoms. The van der Waals surface area contributed by atoms with Gasteiger partial charge in [0.2, 0.25) is 0 Å². The summed E-state index contributed by atoms with van der Waals surface area (Å²) in [5.41, 5.74) is 2.10. The summed E-state index contributed by atoms with van der Waals surface area (Å²) >= 11 is 0. The van der Waals surface area contributed by atoms with E-state index in [-0.39, 0.29) is 24.8 Å². The SMILES string of the molecule is CC(C)CC[C@H](c1ccc(C#N)cc1)N1CCNCC1.Cl.Cl. The fourth-order valence-corrected chi connectivity index (χ4v) is 2.82. The molecule has 0 bridgehead atoms. The van der Waals surface area contributed by atoms with Gasteiger partial charge in [0.25, 0.3) is 0 Å². The molecule has 0 aliphatic carbocycles. The van der Waals surface area contributed by atoms with E-state index < -0.39 is 0 Å². The normalized spacial score (nSPS) is 16.3. The van der Waals surface area contributed by atoms with Crippen molar-refractivity contribution in [3.8, 4) is 6.07 Å². The molecule has 2 rings (SSSR count). The Morgan fingerprint density at radius 3 is 2.18 bits per heavy atom. The molecule has 0 unspecified atom stereocenters. The Kier molecular flexibility index (Phi) is 10.5. The van der Waals surface area contributed by atoms with Gasteiger partial charge in [0.05, 0.1) is 11.6 Å². The molecule has 0 amide bonds. The second-order valence-electron chi connectivity index (χ2n) is 6.01. The molecule has 1 aliphatic heterocycles. The first-order chi connectivity index (χ1) is 9.70. The van der Waals surface area contributed by atoms with Crippen LogP contribution in [0.4, 0.5) is 0 Å². The Labute approximate surface area is 146 Å². The highest BCUT2D eigenvalue weighted by Crippen LogP contribution is 2.28. The topological polar surface area (TPSA) is 39.1 Å². The molecular weight excluding hydrogens is 317 g/mol. The molecular formula is C17H27Cl2N3. The van der Waals surface area contributed by atoms with Crippen molar-refractivity contribution in [3.05, 3.63) is 35.4 Å². The van der Waals surface area contributed by atoms with E-state index in [1.54, 1.807) is 0 Å². The lowest BCUT2D eigenvalue weighted by atomic mass is 9.95. The number of rotatable bonds is 5. The fraction of sp³-hybridized carbons (Fsp3) is 0.588. The van der Waals surface area contributed by atoms with E-state index in [1.807, 2.05) is 12.1 Å². The van der Waals surface area contributed by atoms with Crippen LogP contribution in [0.3, 0.4) is 0 Å². The van der Waals surface area contributed by atoms with Crippen molar-refractivity contribution >= 4 is 24.8 Å². The van der Waals surface area contributed by atoms with E-state index in [4.69, 9.17) is 5.26 Å². The highest BCUT2D eigenvalue weighted by Gasteiger charge is 2.22. The number of halogens is 2. The van der Waals surface area contributed by atoms with Gasteiger partial charge in [-0.3, -0.25) is 4.90 Å². The Morgan fingerprint density at radius 2 is 1.68 bits per heavy atom. The van der Waals surface area contributed by atoms with Crippen LogP contribution in [0.2, 0.25) is 0 Å². The maximum Gasteiger partial charge on any atom is 0.0991 e. The maximum absolute atomic E-state index is 8.92. The van der Waals surface area contributed by atoms with Crippen molar-refractivity contribution in [3.63, 3.8) is 0 Å². The van der Waals surface area contributed by atoms with Crippen molar-refractivity contribution in [1.82, 2.24) is 10.2 Å². The van der Waals surface area contributed by atoms with E-state index in [0.717, 1.165) is 37.7 Å². The molecule has 5 heteroatoms. The lowest BCUT2D eigenvalue weighted by molar-refractivity contribution is 0.160. The third-order valence-corrected chi connectivity index (χ3v) is 4.03. The summed E-state index contributed by atoms with van der Waals surface area (Å²) in [6.07, 6.45) is 2.44. The average Bonchev–Trinajstić information content (AvgIpc) is 2.49. The molecule has 1 fully saturated rings. The molecule has 0 aromatic heterocycles. The van der Waals surface area contributed by atoms with Crippen LogP contribution in [-0.2, 0) is 0 Å². The second kappa shape index (κ2) is 10.9. The van der Waals surface area contributed by atoms with Crippen LogP contribution >= 0.6 is 24.8 Å². The van der Waals surface area contributed by atoms with E-state index >= 15 is 0 Å². The number of benzene rings is 1. The molecule has 1 atom stereocenters. The number of hydrogen-bond acceptors (Lipinski definition) is 3. The van der Waals surface area contributed by atoms with Crippen molar-refractivity contribution in [2.75, 3.05) is 26.2 Å². The van der Waals surface area contributed by atoms with E-state index in [1.165, 1.54) is 18.4 Å². The summed E-state index contributed by atoms with van der Waals surface area (Å²) in [6, 6.07) is 10.8. The first-order valence-corrected chi connectivity index (χ1v) is 7.65. The van der Waals surface area contributed by atoms with Crippen LogP contribution < -0.4 is 5.32 Å². The van der Waals surface area contributed by atoms with Gasteiger partial charge in [-0.25, -0.2) is 0 Å². The van der Waals surface area contributed by atoms with Gasteiger partial charge in [-0.2, -0.15) is 5.26 Å². The highest BCUT2D eigenvalue weighted by atomic mass is 35.5. The van der Waals surface area contributed by atoms with Gasteiger partial charge in [-0.15, -0.1) is 24.8 Å². The third-order valence-electron chi connectivity index (χ3n) is 4.03. The predicted molar refractivity (Wildman–Crippen MR) is 96.9 cm³/mol. The van der Waals surface area contributed by atoms with Crippen molar-refractivity contribution in [2.45, 2.75) is 32.7 Å². The van der Waals surface area contributed by atoms with E-state index in [9.17, 15) is 0 Å². The highest BCUT2D eigenvalue weighted by molar-refractivity contribution is 5.85. The molecule has 124 valence electrons. The number of nitrogens with zero attached hydrogens (tertiary/aromatic N) is 2. The number of nitrogens with one attached hydrogen (secondary N) is 1. The molecule has 22 heavy (non-hydrogen) atoms. The van der Waals surface area contributed by atoms with Gasteiger partial charge < -0.3 is 5.32 Å².